The second-order valence-electron chi connectivity index (χ2n) is 3.89. The predicted octanol–water partition coefficient (Wildman–Crippen LogP) is 2.92. The van der Waals surface area contributed by atoms with Gasteiger partial charge in [0.05, 0.1) is 5.69 Å². The number of carbonyl (C=O) groups is 1. The molecule has 6 heteroatoms. The summed E-state index contributed by atoms with van der Waals surface area (Å²) in [7, 11) is 0. The average molecular weight is 297 g/mol. The van der Waals surface area contributed by atoms with E-state index in [1.807, 2.05) is 18.2 Å². The maximum absolute atomic E-state index is 11.9. The number of hydrogen-bond acceptors (Lipinski definition) is 5. The standard InChI is InChI=1S/C13H13ClN2O2S/c1-8-12(19-11(6-15)16-8)13(17)18-7-9-4-2-3-5-10(9)14/h2-5H,6-7,15H2,1H3. The van der Waals surface area contributed by atoms with E-state index < -0.39 is 5.97 Å². The van der Waals surface area contributed by atoms with Crippen molar-refractivity contribution in [1.82, 2.24) is 4.98 Å². The summed E-state index contributed by atoms with van der Waals surface area (Å²) in [4.78, 5) is 16.6. The Labute approximate surface area is 120 Å². The van der Waals surface area contributed by atoms with Crippen molar-refractivity contribution in [3.05, 3.63) is 50.4 Å². The van der Waals surface area contributed by atoms with Crippen LogP contribution in [0.1, 0.15) is 25.9 Å². The van der Waals surface area contributed by atoms with Gasteiger partial charge >= 0.3 is 5.97 Å². The van der Waals surface area contributed by atoms with Gasteiger partial charge in [0.1, 0.15) is 16.5 Å². The van der Waals surface area contributed by atoms with Gasteiger partial charge in [0, 0.05) is 17.1 Å². The van der Waals surface area contributed by atoms with Gasteiger partial charge in [0.25, 0.3) is 0 Å². The van der Waals surface area contributed by atoms with Gasteiger partial charge in [-0.2, -0.15) is 0 Å². The van der Waals surface area contributed by atoms with E-state index in [0.29, 0.717) is 22.1 Å². The minimum atomic E-state index is -0.394. The third kappa shape index (κ3) is 3.32. The van der Waals surface area contributed by atoms with E-state index in [2.05, 4.69) is 4.98 Å². The molecule has 0 fully saturated rings. The van der Waals surface area contributed by atoms with Crippen molar-refractivity contribution in [3.63, 3.8) is 0 Å². The summed E-state index contributed by atoms with van der Waals surface area (Å²) in [5, 5.41) is 1.31. The summed E-state index contributed by atoms with van der Waals surface area (Å²) >= 11 is 7.26. The van der Waals surface area contributed by atoms with Gasteiger partial charge < -0.3 is 10.5 Å². The molecule has 2 N–H and O–H groups in total. The first kappa shape index (κ1) is 14.0. The van der Waals surface area contributed by atoms with Crippen molar-refractivity contribution < 1.29 is 9.53 Å². The van der Waals surface area contributed by atoms with Crippen LogP contribution < -0.4 is 5.73 Å². The van der Waals surface area contributed by atoms with E-state index in [0.717, 1.165) is 10.6 Å². The van der Waals surface area contributed by atoms with Gasteiger partial charge in [-0.3, -0.25) is 0 Å². The van der Waals surface area contributed by atoms with Crippen LogP contribution in [0.4, 0.5) is 0 Å². The zero-order valence-electron chi connectivity index (χ0n) is 10.4. The Kier molecular flexibility index (Phi) is 4.52. The van der Waals surface area contributed by atoms with Crippen molar-refractivity contribution in [2.24, 2.45) is 5.73 Å². The zero-order chi connectivity index (χ0) is 13.8. The molecule has 2 aromatic rings. The number of hydrogen-bond donors (Lipinski definition) is 1. The molecule has 0 saturated carbocycles. The van der Waals surface area contributed by atoms with Crippen molar-refractivity contribution >= 4 is 28.9 Å². The SMILES string of the molecule is Cc1nc(CN)sc1C(=O)OCc1ccccc1Cl. The minimum Gasteiger partial charge on any atom is -0.457 e. The molecule has 0 aliphatic carbocycles. The summed E-state index contributed by atoms with van der Waals surface area (Å²) in [6, 6.07) is 7.25. The number of thiazole rings is 1. The normalized spacial score (nSPS) is 10.5. The molecule has 0 aliphatic heterocycles. The van der Waals surface area contributed by atoms with E-state index in [4.69, 9.17) is 22.1 Å². The van der Waals surface area contributed by atoms with E-state index in [1.54, 1.807) is 13.0 Å². The van der Waals surface area contributed by atoms with Gasteiger partial charge in [-0.25, -0.2) is 9.78 Å². The second-order valence-corrected chi connectivity index (χ2v) is 5.38. The van der Waals surface area contributed by atoms with Gasteiger partial charge in [-0.05, 0) is 13.0 Å². The average Bonchev–Trinajstić information content (AvgIpc) is 2.79. The number of halogens is 1. The van der Waals surface area contributed by atoms with Crippen LogP contribution in [0, 0.1) is 6.92 Å². The molecular weight excluding hydrogens is 284 g/mol. The summed E-state index contributed by atoms with van der Waals surface area (Å²) in [6.07, 6.45) is 0. The summed E-state index contributed by atoms with van der Waals surface area (Å²) < 4.78 is 5.24. The van der Waals surface area contributed by atoms with Crippen LogP contribution in [0.3, 0.4) is 0 Å². The third-order valence-electron chi connectivity index (χ3n) is 2.52. The first-order valence-corrected chi connectivity index (χ1v) is 6.88. The fourth-order valence-electron chi connectivity index (χ4n) is 1.55. The van der Waals surface area contributed by atoms with Gasteiger partial charge in [-0.15, -0.1) is 11.3 Å². The highest BCUT2D eigenvalue weighted by Crippen LogP contribution is 2.21. The summed E-state index contributed by atoms with van der Waals surface area (Å²) in [5.74, 6) is -0.394. The molecule has 1 heterocycles. The van der Waals surface area contributed by atoms with Crippen molar-refractivity contribution in [1.29, 1.82) is 0 Å². The van der Waals surface area contributed by atoms with Gasteiger partial charge in [0.2, 0.25) is 0 Å². The molecular formula is C13H13ClN2O2S. The zero-order valence-corrected chi connectivity index (χ0v) is 11.9. The molecule has 0 unspecified atom stereocenters. The van der Waals surface area contributed by atoms with Crippen molar-refractivity contribution in [2.75, 3.05) is 0 Å². The fourth-order valence-corrected chi connectivity index (χ4v) is 2.58. The number of aromatic nitrogens is 1. The third-order valence-corrected chi connectivity index (χ3v) is 4.05. The van der Waals surface area contributed by atoms with Crippen molar-refractivity contribution in [2.45, 2.75) is 20.1 Å². The van der Waals surface area contributed by atoms with Gasteiger partial charge in [-0.1, -0.05) is 29.8 Å². The first-order valence-electron chi connectivity index (χ1n) is 5.68. The predicted molar refractivity (Wildman–Crippen MR) is 75.3 cm³/mol. The Bertz CT molecular complexity index is 598. The molecule has 19 heavy (non-hydrogen) atoms. The highest BCUT2D eigenvalue weighted by molar-refractivity contribution is 7.13. The highest BCUT2D eigenvalue weighted by atomic mass is 35.5. The molecule has 0 spiro atoms. The Morgan fingerprint density at radius 1 is 1.47 bits per heavy atom. The molecule has 1 aromatic carbocycles. The van der Waals surface area contributed by atoms with Crippen LogP contribution in [-0.2, 0) is 17.9 Å². The lowest BCUT2D eigenvalue weighted by Gasteiger charge is -2.05. The number of nitrogens with zero attached hydrogens (tertiary/aromatic N) is 1. The Morgan fingerprint density at radius 3 is 2.84 bits per heavy atom. The smallest absolute Gasteiger partial charge is 0.350 e. The fraction of sp³-hybridized carbons (Fsp3) is 0.231. The van der Waals surface area contributed by atoms with E-state index in [9.17, 15) is 4.79 Å². The molecule has 0 bridgehead atoms. The molecule has 0 atom stereocenters. The first-order chi connectivity index (χ1) is 9.11. The summed E-state index contributed by atoms with van der Waals surface area (Å²) in [5.41, 5.74) is 6.92. The maximum atomic E-state index is 11.9. The van der Waals surface area contributed by atoms with E-state index in [-0.39, 0.29) is 6.61 Å². The Balaban J connectivity index is 2.05. The van der Waals surface area contributed by atoms with Crippen molar-refractivity contribution in [3.8, 4) is 0 Å². The lowest BCUT2D eigenvalue weighted by molar-refractivity contribution is 0.0477. The van der Waals surface area contributed by atoms with Crippen LogP contribution in [0.15, 0.2) is 24.3 Å². The molecule has 0 saturated heterocycles. The van der Waals surface area contributed by atoms with Crippen LogP contribution in [0.25, 0.3) is 0 Å². The number of aryl methyl sites for hydroxylation is 1. The number of esters is 1. The molecule has 0 radical (unpaired) electrons. The van der Waals surface area contributed by atoms with Crippen LogP contribution in [-0.4, -0.2) is 11.0 Å². The lowest BCUT2D eigenvalue weighted by atomic mass is 10.2. The molecule has 1 aromatic heterocycles. The Morgan fingerprint density at radius 2 is 2.21 bits per heavy atom. The maximum Gasteiger partial charge on any atom is 0.350 e. The largest absolute Gasteiger partial charge is 0.457 e. The number of rotatable bonds is 4. The molecule has 100 valence electrons. The van der Waals surface area contributed by atoms with Crippen LogP contribution in [0.5, 0.6) is 0 Å². The molecule has 2 rings (SSSR count). The monoisotopic (exact) mass is 296 g/mol. The number of benzene rings is 1. The molecule has 0 aliphatic rings. The minimum absolute atomic E-state index is 0.147. The topological polar surface area (TPSA) is 65.2 Å². The summed E-state index contributed by atoms with van der Waals surface area (Å²) in [6.45, 7) is 2.23. The molecule has 0 amide bonds. The number of carbonyl (C=O) groups excluding carboxylic acids is 1. The van der Waals surface area contributed by atoms with Gasteiger partial charge in [0.15, 0.2) is 0 Å². The number of nitrogens with two attached hydrogens (primary N) is 1. The van der Waals surface area contributed by atoms with E-state index in [1.165, 1.54) is 11.3 Å². The lowest BCUT2D eigenvalue weighted by Crippen LogP contribution is -2.05. The quantitative estimate of drug-likeness (QED) is 0.881. The van der Waals surface area contributed by atoms with Crippen LogP contribution >= 0.6 is 22.9 Å². The number of ether oxygens (including phenoxy) is 1. The van der Waals surface area contributed by atoms with E-state index >= 15 is 0 Å². The highest BCUT2D eigenvalue weighted by Gasteiger charge is 2.16. The molecule has 4 nitrogen and oxygen atoms in total. The van der Waals surface area contributed by atoms with Crippen LogP contribution in [0.2, 0.25) is 5.02 Å². The second kappa shape index (κ2) is 6.14. The Hall–Kier alpha value is -1.43.